The van der Waals surface area contributed by atoms with Crippen LogP contribution in [-0.4, -0.2) is 9.13 Å². The highest BCUT2D eigenvalue weighted by Gasteiger charge is 2.21. The summed E-state index contributed by atoms with van der Waals surface area (Å²) in [7, 11) is 0. The number of aromatic nitrogens is 2. The van der Waals surface area contributed by atoms with Gasteiger partial charge >= 0.3 is 0 Å². The predicted molar refractivity (Wildman–Crippen MR) is 212 cm³/mol. The Labute approximate surface area is 291 Å². The molecule has 0 atom stereocenters. The monoisotopic (exact) mass is 638 g/mol. The molecule has 9 aromatic rings. The van der Waals surface area contributed by atoms with Crippen molar-refractivity contribution in [3.63, 3.8) is 0 Å². The van der Waals surface area contributed by atoms with Crippen molar-refractivity contribution < 1.29 is 0 Å². The van der Waals surface area contributed by atoms with Crippen LogP contribution >= 0.6 is 0 Å². The van der Waals surface area contributed by atoms with E-state index in [0.717, 1.165) is 18.5 Å². The van der Waals surface area contributed by atoms with E-state index in [1.165, 1.54) is 82.7 Å². The largest absolute Gasteiger partial charge is 0.309 e. The van der Waals surface area contributed by atoms with Crippen LogP contribution in [0.2, 0.25) is 0 Å². The van der Waals surface area contributed by atoms with Gasteiger partial charge in [0.15, 0.2) is 0 Å². The number of allylic oxidation sites excluding steroid dienone is 4. The van der Waals surface area contributed by atoms with E-state index in [0.29, 0.717) is 0 Å². The zero-order chi connectivity index (χ0) is 33.0. The standard InChI is InChI=1S/C48H34N2/c1-4-14-33(15-5-1)36-24-26-39(27-25-36)49-43-22-12-10-20-41(43)47-45(49)28-29-46-48(47)42-21-11-13-23-44(42)50(46)40-31-37(34-16-6-2-7-17-34)30-38(32-40)35-18-8-3-9-19-35/h1-4,6-14,16-32H,5,15H2. The fourth-order valence-electron chi connectivity index (χ4n) is 8.08. The number of hydrogen-bond acceptors (Lipinski definition) is 0. The second kappa shape index (κ2) is 11.6. The first kappa shape index (κ1) is 28.6. The Bertz CT molecular complexity index is 2720. The molecule has 0 bridgehead atoms. The third-order valence-corrected chi connectivity index (χ3v) is 10.4. The molecule has 0 saturated carbocycles. The van der Waals surface area contributed by atoms with Gasteiger partial charge in [-0.2, -0.15) is 0 Å². The Morgan fingerprint density at radius 3 is 1.44 bits per heavy atom. The van der Waals surface area contributed by atoms with Crippen molar-refractivity contribution in [2.45, 2.75) is 12.8 Å². The molecule has 236 valence electrons. The first-order valence-corrected chi connectivity index (χ1v) is 17.5. The SMILES string of the molecule is C1=CCCC(c2ccc(-n3c4ccccc4c4c5c6ccccc6n(-c6cc(-c7ccccc7)cc(-c7ccccc7)c6)c5ccc43)cc2)=C1. The molecule has 0 saturated heterocycles. The molecule has 0 amide bonds. The maximum atomic E-state index is 2.47. The highest BCUT2D eigenvalue weighted by molar-refractivity contribution is 6.28. The van der Waals surface area contributed by atoms with Gasteiger partial charge < -0.3 is 9.13 Å². The van der Waals surface area contributed by atoms with Crippen LogP contribution in [0, 0.1) is 0 Å². The van der Waals surface area contributed by atoms with Crippen LogP contribution in [0.1, 0.15) is 18.4 Å². The van der Waals surface area contributed by atoms with Gasteiger partial charge in [0.25, 0.3) is 0 Å². The lowest BCUT2D eigenvalue weighted by Gasteiger charge is -2.14. The van der Waals surface area contributed by atoms with E-state index >= 15 is 0 Å². The first-order valence-electron chi connectivity index (χ1n) is 17.5. The molecule has 0 aliphatic heterocycles. The number of nitrogens with zero attached hydrogens (tertiary/aromatic N) is 2. The smallest absolute Gasteiger partial charge is 0.0548 e. The number of fused-ring (bicyclic) bond motifs is 7. The van der Waals surface area contributed by atoms with Gasteiger partial charge in [0.2, 0.25) is 0 Å². The number of benzene rings is 7. The summed E-state index contributed by atoms with van der Waals surface area (Å²) < 4.78 is 4.91. The fraction of sp³-hybridized carbons (Fsp3) is 0.0417. The minimum absolute atomic E-state index is 1.09. The van der Waals surface area contributed by atoms with Gasteiger partial charge in [-0.25, -0.2) is 0 Å². The number of rotatable bonds is 5. The van der Waals surface area contributed by atoms with E-state index in [1.807, 2.05) is 0 Å². The van der Waals surface area contributed by atoms with Crippen LogP contribution in [0.3, 0.4) is 0 Å². The van der Waals surface area contributed by atoms with Crippen molar-refractivity contribution in [3.05, 3.63) is 188 Å². The fourth-order valence-corrected chi connectivity index (χ4v) is 8.08. The van der Waals surface area contributed by atoms with E-state index in [-0.39, 0.29) is 0 Å². The molecule has 2 nitrogen and oxygen atoms in total. The van der Waals surface area contributed by atoms with Crippen molar-refractivity contribution in [2.24, 2.45) is 0 Å². The molecule has 0 spiro atoms. The summed E-state index contributed by atoms with van der Waals surface area (Å²) in [5, 5.41) is 5.10. The van der Waals surface area contributed by atoms with Gasteiger partial charge in [-0.05, 0) is 101 Å². The summed E-state index contributed by atoms with van der Waals surface area (Å²) in [5.74, 6) is 0. The normalized spacial score (nSPS) is 13.1. The van der Waals surface area contributed by atoms with Crippen LogP contribution in [-0.2, 0) is 0 Å². The van der Waals surface area contributed by atoms with Crippen LogP contribution in [0.15, 0.2) is 182 Å². The molecule has 0 N–H and O–H groups in total. The minimum Gasteiger partial charge on any atom is -0.309 e. The summed E-state index contributed by atoms with van der Waals surface area (Å²) in [4.78, 5) is 0. The molecular weight excluding hydrogens is 605 g/mol. The molecular formula is C48H34N2. The predicted octanol–water partition coefficient (Wildman–Crippen LogP) is 12.9. The molecule has 0 radical (unpaired) electrons. The minimum atomic E-state index is 1.09. The quantitative estimate of drug-likeness (QED) is 0.178. The van der Waals surface area contributed by atoms with Gasteiger partial charge in [-0.1, -0.05) is 127 Å². The Kier molecular flexibility index (Phi) is 6.67. The average molecular weight is 639 g/mol. The van der Waals surface area contributed by atoms with Gasteiger partial charge in [-0.15, -0.1) is 0 Å². The number of hydrogen-bond donors (Lipinski definition) is 0. The second-order valence-electron chi connectivity index (χ2n) is 13.3. The Hall–Kier alpha value is -6.38. The van der Waals surface area contributed by atoms with Gasteiger partial charge in [-0.3, -0.25) is 0 Å². The molecule has 0 unspecified atom stereocenters. The number of para-hydroxylation sites is 2. The van der Waals surface area contributed by atoms with Crippen LogP contribution < -0.4 is 0 Å². The molecule has 1 aliphatic carbocycles. The lowest BCUT2D eigenvalue weighted by atomic mass is 9.97. The van der Waals surface area contributed by atoms with Gasteiger partial charge in [0, 0.05) is 32.9 Å². The van der Waals surface area contributed by atoms with Crippen LogP contribution in [0.5, 0.6) is 0 Å². The third kappa shape index (κ3) is 4.57. The highest BCUT2D eigenvalue weighted by atomic mass is 15.0. The van der Waals surface area contributed by atoms with Crippen LogP contribution in [0.4, 0.5) is 0 Å². The summed E-state index contributed by atoms with van der Waals surface area (Å²) in [6, 6.07) is 60.1. The maximum Gasteiger partial charge on any atom is 0.0548 e. The summed E-state index contributed by atoms with van der Waals surface area (Å²) in [6.07, 6.45) is 8.88. The molecule has 7 aromatic carbocycles. The summed E-state index contributed by atoms with van der Waals surface area (Å²) in [6.45, 7) is 0. The lowest BCUT2D eigenvalue weighted by molar-refractivity contribution is 1.05. The lowest BCUT2D eigenvalue weighted by Crippen LogP contribution is -1.97. The topological polar surface area (TPSA) is 9.86 Å². The van der Waals surface area contributed by atoms with E-state index in [2.05, 4.69) is 191 Å². The summed E-state index contributed by atoms with van der Waals surface area (Å²) in [5.41, 5.74) is 14.7. The maximum absolute atomic E-state index is 2.47. The first-order chi connectivity index (χ1) is 24.8. The second-order valence-corrected chi connectivity index (χ2v) is 13.3. The van der Waals surface area contributed by atoms with Crippen LogP contribution in [0.25, 0.3) is 82.8 Å². The molecule has 10 rings (SSSR count). The Morgan fingerprint density at radius 1 is 0.380 bits per heavy atom. The van der Waals surface area contributed by atoms with Crippen molar-refractivity contribution in [2.75, 3.05) is 0 Å². The molecule has 50 heavy (non-hydrogen) atoms. The Morgan fingerprint density at radius 2 is 0.900 bits per heavy atom. The van der Waals surface area contributed by atoms with Gasteiger partial charge in [0.1, 0.15) is 0 Å². The molecule has 2 aromatic heterocycles. The van der Waals surface area contributed by atoms with Crippen molar-refractivity contribution in [1.82, 2.24) is 9.13 Å². The van der Waals surface area contributed by atoms with E-state index in [1.54, 1.807) is 0 Å². The third-order valence-electron chi connectivity index (χ3n) is 10.4. The van der Waals surface area contributed by atoms with E-state index < -0.39 is 0 Å². The Balaban J connectivity index is 1.25. The molecule has 2 heteroatoms. The zero-order valence-corrected chi connectivity index (χ0v) is 27.6. The van der Waals surface area contributed by atoms with Crippen molar-refractivity contribution in [1.29, 1.82) is 0 Å². The summed E-state index contributed by atoms with van der Waals surface area (Å²) >= 11 is 0. The van der Waals surface area contributed by atoms with Gasteiger partial charge in [0.05, 0.1) is 22.1 Å². The average Bonchev–Trinajstić information content (AvgIpc) is 3.72. The zero-order valence-electron chi connectivity index (χ0n) is 27.6. The van der Waals surface area contributed by atoms with Crippen molar-refractivity contribution in [3.8, 4) is 33.6 Å². The van der Waals surface area contributed by atoms with Crippen molar-refractivity contribution >= 4 is 49.2 Å². The molecule has 2 heterocycles. The van der Waals surface area contributed by atoms with E-state index in [4.69, 9.17) is 0 Å². The molecule has 0 fully saturated rings. The van der Waals surface area contributed by atoms with E-state index in [9.17, 15) is 0 Å². The highest BCUT2D eigenvalue weighted by Crippen LogP contribution is 2.43. The molecule has 1 aliphatic rings.